The Morgan fingerprint density at radius 1 is 0.917 bits per heavy atom. The topological polar surface area (TPSA) is 36.9 Å². The van der Waals surface area contributed by atoms with Crippen LogP contribution < -0.4 is 14.2 Å². The second-order valence-corrected chi connectivity index (χ2v) is 6.17. The van der Waals surface area contributed by atoms with Crippen LogP contribution in [-0.4, -0.2) is 28.1 Å². The predicted octanol–water partition coefficient (Wildman–Crippen LogP) is 4.42. The molecule has 0 heterocycles. The second-order valence-electron chi connectivity index (χ2n) is 5.79. The summed E-state index contributed by atoms with van der Waals surface area (Å²) in [5, 5.41) is 0.499. The van der Waals surface area contributed by atoms with Crippen LogP contribution in [-0.2, 0) is 10.2 Å². The smallest absolute Gasteiger partial charge is 0.188 e. The van der Waals surface area contributed by atoms with E-state index in [2.05, 4.69) is 6.07 Å². The molecular weight excluding hydrogens is 328 g/mol. The number of benzene rings is 2. The SMILES string of the molecule is COCOc1ccccc1C1(c2ccc(OC)c(Cl)c2OC)CC1. The van der Waals surface area contributed by atoms with Crippen LogP contribution in [0.3, 0.4) is 0 Å². The summed E-state index contributed by atoms with van der Waals surface area (Å²) < 4.78 is 21.7. The highest BCUT2D eigenvalue weighted by atomic mass is 35.5. The molecule has 3 rings (SSSR count). The van der Waals surface area contributed by atoms with Gasteiger partial charge in [0.15, 0.2) is 6.79 Å². The zero-order valence-corrected chi connectivity index (χ0v) is 14.9. The normalized spacial score (nSPS) is 15.0. The lowest BCUT2D eigenvalue weighted by atomic mass is 9.86. The maximum atomic E-state index is 6.46. The van der Waals surface area contributed by atoms with E-state index in [0.717, 1.165) is 29.7 Å². The van der Waals surface area contributed by atoms with Crippen LogP contribution in [0.1, 0.15) is 24.0 Å². The van der Waals surface area contributed by atoms with Gasteiger partial charge in [-0.15, -0.1) is 0 Å². The summed E-state index contributed by atoms with van der Waals surface area (Å²) in [4.78, 5) is 0. The molecule has 0 aliphatic heterocycles. The number of ether oxygens (including phenoxy) is 4. The number of para-hydroxylation sites is 1. The summed E-state index contributed by atoms with van der Waals surface area (Å²) in [7, 11) is 4.84. The third-order valence-electron chi connectivity index (χ3n) is 4.49. The van der Waals surface area contributed by atoms with Gasteiger partial charge in [-0.1, -0.05) is 35.9 Å². The van der Waals surface area contributed by atoms with Crippen molar-refractivity contribution < 1.29 is 18.9 Å². The Morgan fingerprint density at radius 2 is 1.67 bits per heavy atom. The van der Waals surface area contributed by atoms with Crippen LogP contribution >= 0.6 is 11.6 Å². The fourth-order valence-corrected chi connectivity index (χ4v) is 3.51. The predicted molar refractivity (Wildman–Crippen MR) is 93.5 cm³/mol. The second kappa shape index (κ2) is 6.91. The number of hydrogen-bond acceptors (Lipinski definition) is 4. The minimum atomic E-state index is -0.147. The molecule has 2 aromatic rings. The van der Waals surface area contributed by atoms with Gasteiger partial charge >= 0.3 is 0 Å². The molecule has 128 valence electrons. The zero-order valence-electron chi connectivity index (χ0n) is 14.1. The maximum absolute atomic E-state index is 6.46. The Morgan fingerprint density at radius 3 is 2.29 bits per heavy atom. The summed E-state index contributed by atoms with van der Waals surface area (Å²) >= 11 is 6.46. The summed E-state index contributed by atoms with van der Waals surface area (Å²) in [6, 6.07) is 12.0. The van der Waals surface area contributed by atoms with E-state index < -0.39 is 0 Å². The molecule has 2 aromatic carbocycles. The molecule has 0 unspecified atom stereocenters. The van der Waals surface area contributed by atoms with Gasteiger partial charge in [0, 0.05) is 23.7 Å². The van der Waals surface area contributed by atoms with Crippen molar-refractivity contribution in [1.29, 1.82) is 0 Å². The molecule has 0 spiro atoms. The van der Waals surface area contributed by atoms with Gasteiger partial charge in [-0.25, -0.2) is 0 Å². The number of hydrogen-bond donors (Lipinski definition) is 0. The molecule has 0 aromatic heterocycles. The highest BCUT2D eigenvalue weighted by Crippen LogP contribution is 2.59. The quantitative estimate of drug-likeness (QED) is 0.694. The van der Waals surface area contributed by atoms with Crippen LogP contribution in [0.5, 0.6) is 17.2 Å². The lowest BCUT2D eigenvalue weighted by Crippen LogP contribution is -2.13. The fraction of sp³-hybridized carbons (Fsp3) is 0.368. The summed E-state index contributed by atoms with van der Waals surface area (Å²) in [6.45, 7) is 0.216. The van der Waals surface area contributed by atoms with E-state index in [0.29, 0.717) is 16.5 Å². The van der Waals surface area contributed by atoms with E-state index in [1.807, 2.05) is 30.3 Å². The third kappa shape index (κ3) is 2.80. The molecule has 0 radical (unpaired) electrons. The Hall–Kier alpha value is -1.91. The van der Waals surface area contributed by atoms with Crippen molar-refractivity contribution in [2.45, 2.75) is 18.3 Å². The van der Waals surface area contributed by atoms with E-state index in [1.165, 1.54) is 0 Å². The Kier molecular flexibility index (Phi) is 4.88. The van der Waals surface area contributed by atoms with Gasteiger partial charge in [0.2, 0.25) is 0 Å². The molecular formula is C19H21ClO4. The molecule has 24 heavy (non-hydrogen) atoms. The lowest BCUT2D eigenvalue weighted by molar-refractivity contribution is 0.0502. The average molecular weight is 349 g/mol. The largest absolute Gasteiger partial charge is 0.495 e. The summed E-state index contributed by atoms with van der Waals surface area (Å²) in [5.74, 6) is 2.10. The van der Waals surface area contributed by atoms with Crippen LogP contribution in [0.2, 0.25) is 5.02 Å². The van der Waals surface area contributed by atoms with E-state index >= 15 is 0 Å². The molecule has 1 aliphatic carbocycles. The molecule has 0 saturated heterocycles. The molecule has 1 aliphatic rings. The molecule has 4 nitrogen and oxygen atoms in total. The minimum absolute atomic E-state index is 0.147. The summed E-state index contributed by atoms with van der Waals surface area (Å²) in [6.07, 6.45) is 2.03. The first kappa shape index (κ1) is 16.9. The van der Waals surface area contributed by atoms with Gasteiger partial charge in [0.1, 0.15) is 22.3 Å². The van der Waals surface area contributed by atoms with Crippen LogP contribution in [0.15, 0.2) is 36.4 Å². The van der Waals surface area contributed by atoms with Gasteiger partial charge in [-0.3, -0.25) is 0 Å². The fourth-order valence-electron chi connectivity index (χ4n) is 3.19. The third-order valence-corrected chi connectivity index (χ3v) is 4.84. The van der Waals surface area contributed by atoms with Gasteiger partial charge in [-0.2, -0.15) is 0 Å². The standard InChI is InChI=1S/C19H21ClO4/c1-21-12-24-15-7-5-4-6-13(15)19(10-11-19)14-8-9-16(22-2)17(20)18(14)23-3/h4-9H,10-12H2,1-3H3. The molecule has 0 atom stereocenters. The molecule has 1 saturated carbocycles. The van der Waals surface area contributed by atoms with Gasteiger partial charge in [-0.05, 0) is 25.0 Å². The van der Waals surface area contributed by atoms with Crippen LogP contribution in [0.25, 0.3) is 0 Å². The maximum Gasteiger partial charge on any atom is 0.188 e. The van der Waals surface area contributed by atoms with E-state index in [4.69, 9.17) is 30.5 Å². The lowest BCUT2D eigenvalue weighted by Gasteiger charge is -2.23. The first-order chi connectivity index (χ1) is 11.7. The van der Waals surface area contributed by atoms with Crippen LogP contribution in [0.4, 0.5) is 0 Å². The van der Waals surface area contributed by atoms with Crippen molar-refractivity contribution in [2.75, 3.05) is 28.1 Å². The Balaban J connectivity index is 2.09. The van der Waals surface area contributed by atoms with Crippen molar-refractivity contribution in [3.05, 3.63) is 52.5 Å². The monoisotopic (exact) mass is 348 g/mol. The number of methoxy groups -OCH3 is 3. The zero-order chi connectivity index (χ0) is 17.2. The highest BCUT2D eigenvalue weighted by molar-refractivity contribution is 6.33. The number of halogens is 1. The van der Waals surface area contributed by atoms with Gasteiger partial charge in [0.05, 0.1) is 14.2 Å². The average Bonchev–Trinajstić information content (AvgIpc) is 3.41. The highest BCUT2D eigenvalue weighted by Gasteiger charge is 2.49. The van der Waals surface area contributed by atoms with Crippen molar-refractivity contribution in [1.82, 2.24) is 0 Å². The van der Waals surface area contributed by atoms with Gasteiger partial charge < -0.3 is 18.9 Å². The molecule has 5 heteroatoms. The number of rotatable bonds is 7. The van der Waals surface area contributed by atoms with Crippen molar-refractivity contribution in [2.24, 2.45) is 0 Å². The minimum Gasteiger partial charge on any atom is -0.495 e. The molecule has 0 N–H and O–H groups in total. The van der Waals surface area contributed by atoms with Crippen molar-refractivity contribution in [3.63, 3.8) is 0 Å². The van der Waals surface area contributed by atoms with Crippen LogP contribution in [0, 0.1) is 0 Å². The molecule has 0 amide bonds. The van der Waals surface area contributed by atoms with Crippen molar-refractivity contribution in [3.8, 4) is 17.2 Å². The summed E-state index contributed by atoms with van der Waals surface area (Å²) in [5.41, 5.74) is 2.04. The van der Waals surface area contributed by atoms with E-state index in [1.54, 1.807) is 21.3 Å². The van der Waals surface area contributed by atoms with Crippen molar-refractivity contribution >= 4 is 11.6 Å². The van der Waals surface area contributed by atoms with E-state index in [9.17, 15) is 0 Å². The van der Waals surface area contributed by atoms with Gasteiger partial charge in [0.25, 0.3) is 0 Å². The molecule has 0 bridgehead atoms. The Labute approximate surface area is 147 Å². The molecule has 1 fully saturated rings. The Bertz CT molecular complexity index is 725. The first-order valence-electron chi connectivity index (χ1n) is 7.80. The first-order valence-corrected chi connectivity index (χ1v) is 8.18. The van der Waals surface area contributed by atoms with E-state index in [-0.39, 0.29) is 12.2 Å².